The average molecular weight is 436 g/mol. The van der Waals surface area contributed by atoms with Crippen LogP contribution < -0.4 is 14.4 Å². The summed E-state index contributed by atoms with van der Waals surface area (Å²) in [5.41, 5.74) is 1.80. The van der Waals surface area contributed by atoms with Gasteiger partial charge in [-0.3, -0.25) is 4.79 Å². The van der Waals surface area contributed by atoms with Gasteiger partial charge in [-0.05, 0) is 43.3 Å². The second-order valence-corrected chi connectivity index (χ2v) is 7.49. The molecule has 0 spiro atoms. The summed E-state index contributed by atoms with van der Waals surface area (Å²) < 4.78 is 24.6. The van der Waals surface area contributed by atoms with Crippen LogP contribution in [0.1, 0.15) is 6.92 Å². The van der Waals surface area contributed by atoms with E-state index < -0.39 is 11.9 Å². The number of hydrogen-bond donors (Lipinski definition) is 0. The average Bonchev–Trinajstić information content (AvgIpc) is 2.85. The first kappa shape index (κ1) is 21.5. The molecule has 0 bridgehead atoms. The number of methoxy groups -OCH3 is 1. The van der Waals surface area contributed by atoms with Crippen LogP contribution in [0, 0.1) is 5.82 Å². The zero-order valence-corrected chi connectivity index (χ0v) is 18.1. The normalized spacial score (nSPS) is 14.7. The lowest BCUT2D eigenvalue weighted by Crippen LogP contribution is -2.52. The number of halogens is 1. The molecule has 7 nitrogen and oxygen atoms in total. The number of para-hydroxylation sites is 1. The van der Waals surface area contributed by atoms with E-state index >= 15 is 0 Å². The van der Waals surface area contributed by atoms with Gasteiger partial charge in [0.25, 0.3) is 5.91 Å². The van der Waals surface area contributed by atoms with E-state index in [1.807, 2.05) is 30.3 Å². The maximum Gasteiger partial charge on any atom is 0.263 e. The molecule has 1 fully saturated rings. The number of anilines is 1. The van der Waals surface area contributed by atoms with Gasteiger partial charge in [-0.25, -0.2) is 14.4 Å². The second kappa shape index (κ2) is 9.64. The molecule has 0 saturated carbocycles. The molecule has 166 valence electrons. The lowest BCUT2D eigenvalue weighted by atomic mass is 10.1. The van der Waals surface area contributed by atoms with Crippen LogP contribution in [0.25, 0.3) is 11.3 Å². The van der Waals surface area contributed by atoms with Crippen molar-refractivity contribution in [2.24, 2.45) is 0 Å². The van der Waals surface area contributed by atoms with Crippen molar-refractivity contribution in [3.05, 3.63) is 66.7 Å². The van der Waals surface area contributed by atoms with Gasteiger partial charge in [-0.15, -0.1) is 0 Å². The van der Waals surface area contributed by atoms with Crippen LogP contribution in [0.3, 0.4) is 0 Å². The summed E-state index contributed by atoms with van der Waals surface area (Å²) in [4.78, 5) is 25.4. The number of piperazine rings is 1. The largest absolute Gasteiger partial charge is 0.497 e. The summed E-state index contributed by atoms with van der Waals surface area (Å²) in [5.74, 6) is 1.05. The number of aromatic nitrogens is 2. The third kappa shape index (κ3) is 4.80. The van der Waals surface area contributed by atoms with Gasteiger partial charge in [-0.2, -0.15) is 0 Å². The van der Waals surface area contributed by atoms with Crippen molar-refractivity contribution in [2.45, 2.75) is 13.0 Å². The van der Waals surface area contributed by atoms with Crippen molar-refractivity contribution in [3.8, 4) is 22.8 Å². The SMILES string of the molecule is COc1ccc(-c2cc(N3CCN(C(=O)C(C)Oc4ccccc4F)CC3)ncn2)cc1. The Morgan fingerprint density at radius 1 is 1.03 bits per heavy atom. The minimum atomic E-state index is -0.765. The molecule has 1 unspecified atom stereocenters. The van der Waals surface area contributed by atoms with E-state index in [1.54, 1.807) is 37.4 Å². The zero-order chi connectivity index (χ0) is 22.5. The fourth-order valence-electron chi connectivity index (χ4n) is 3.63. The molecule has 1 aromatic heterocycles. The van der Waals surface area contributed by atoms with E-state index in [1.165, 1.54) is 12.1 Å². The molecule has 2 aromatic carbocycles. The highest BCUT2D eigenvalue weighted by molar-refractivity contribution is 5.81. The van der Waals surface area contributed by atoms with Crippen LogP contribution in [0.4, 0.5) is 10.2 Å². The Labute approximate surface area is 186 Å². The number of nitrogens with zero attached hydrogens (tertiary/aromatic N) is 4. The smallest absolute Gasteiger partial charge is 0.263 e. The number of rotatable bonds is 6. The van der Waals surface area contributed by atoms with E-state index in [0.29, 0.717) is 26.2 Å². The Morgan fingerprint density at radius 2 is 1.75 bits per heavy atom. The maximum atomic E-state index is 13.8. The summed E-state index contributed by atoms with van der Waals surface area (Å²) in [6.07, 6.45) is 0.788. The van der Waals surface area contributed by atoms with Crippen molar-refractivity contribution in [1.29, 1.82) is 0 Å². The molecule has 1 saturated heterocycles. The fraction of sp³-hybridized carbons (Fsp3) is 0.292. The van der Waals surface area contributed by atoms with Crippen LogP contribution in [0.2, 0.25) is 0 Å². The van der Waals surface area contributed by atoms with E-state index in [4.69, 9.17) is 9.47 Å². The van der Waals surface area contributed by atoms with Crippen LogP contribution in [0.5, 0.6) is 11.5 Å². The van der Waals surface area contributed by atoms with Crippen molar-refractivity contribution in [2.75, 3.05) is 38.2 Å². The lowest BCUT2D eigenvalue weighted by molar-refractivity contribution is -0.138. The Morgan fingerprint density at radius 3 is 2.44 bits per heavy atom. The molecule has 1 aliphatic heterocycles. The molecule has 2 heterocycles. The number of carbonyl (C=O) groups is 1. The third-order valence-corrected chi connectivity index (χ3v) is 5.44. The number of carbonyl (C=O) groups excluding carboxylic acids is 1. The number of benzene rings is 2. The topological polar surface area (TPSA) is 67.8 Å². The summed E-state index contributed by atoms with van der Waals surface area (Å²) in [7, 11) is 1.63. The quantitative estimate of drug-likeness (QED) is 0.590. The monoisotopic (exact) mass is 436 g/mol. The summed E-state index contributed by atoms with van der Waals surface area (Å²) >= 11 is 0. The van der Waals surface area contributed by atoms with Gasteiger partial charge in [0, 0.05) is 37.8 Å². The third-order valence-electron chi connectivity index (χ3n) is 5.44. The second-order valence-electron chi connectivity index (χ2n) is 7.49. The van der Waals surface area contributed by atoms with E-state index in [0.717, 1.165) is 22.8 Å². The van der Waals surface area contributed by atoms with Crippen molar-refractivity contribution >= 4 is 11.7 Å². The Hall–Kier alpha value is -3.68. The van der Waals surface area contributed by atoms with Gasteiger partial charge in [0.15, 0.2) is 17.7 Å². The summed E-state index contributed by atoms with van der Waals surface area (Å²) in [5, 5.41) is 0. The van der Waals surface area contributed by atoms with Crippen molar-refractivity contribution in [1.82, 2.24) is 14.9 Å². The van der Waals surface area contributed by atoms with Crippen LogP contribution in [-0.4, -0.2) is 60.2 Å². The van der Waals surface area contributed by atoms with Gasteiger partial charge in [0.05, 0.1) is 12.8 Å². The first-order valence-electron chi connectivity index (χ1n) is 10.5. The molecule has 0 N–H and O–H groups in total. The molecule has 3 aromatic rings. The number of ether oxygens (including phenoxy) is 2. The van der Waals surface area contributed by atoms with Crippen LogP contribution >= 0.6 is 0 Å². The summed E-state index contributed by atoms with van der Waals surface area (Å²) in [6, 6.07) is 15.7. The van der Waals surface area contributed by atoms with Gasteiger partial charge >= 0.3 is 0 Å². The van der Waals surface area contributed by atoms with Crippen molar-refractivity contribution in [3.63, 3.8) is 0 Å². The molecule has 0 aliphatic carbocycles. The molecule has 1 amide bonds. The molecule has 8 heteroatoms. The molecule has 32 heavy (non-hydrogen) atoms. The lowest BCUT2D eigenvalue weighted by Gasteiger charge is -2.36. The predicted molar refractivity (Wildman–Crippen MR) is 119 cm³/mol. The molecule has 1 atom stereocenters. The highest BCUT2D eigenvalue weighted by Crippen LogP contribution is 2.24. The predicted octanol–water partition coefficient (Wildman–Crippen LogP) is 3.41. The Bertz CT molecular complexity index is 1070. The Balaban J connectivity index is 1.37. The molecular formula is C24H25FN4O3. The van der Waals surface area contributed by atoms with Crippen LogP contribution in [-0.2, 0) is 4.79 Å². The number of amides is 1. The van der Waals surface area contributed by atoms with E-state index in [-0.39, 0.29) is 11.7 Å². The van der Waals surface area contributed by atoms with E-state index in [9.17, 15) is 9.18 Å². The molecule has 0 radical (unpaired) electrons. The number of hydrogen-bond acceptors (Lipinski definition) is 6. The van der Waals surface area contributed by atoms with Gasteiger partial charge in [-0.1, -0.05) is 12.1 Å². The molecular weight excluding hydrogens is 411 g/mol. The first-order chi connectivity index (χ1) is 15.5. The first-order valence-corrected chi connectivity index (χ1v) is 10.5. The molecule has 4 rings (SSSR count). The highest BCUT2D eigenvalue weighted by atomic mass is 19.1. The van der Waals surface area contributed by atoms with Gasteiger partial charge < -0.3 is 19.3 Å². The van der Waals surface area contributed by atoms with Crippen LogP contribution in [0.15, 0.2) is 60.9 Å². The van der Waals surface area contributed by atoms with Gasteiger partial charge in [0.2, 0.25) is 0 Å². The maximum absolute atomic E-state index is 13.8. The fourth-order valence-corrected chi connectivity index (χ4v) is 3.63. The summed E-state index contributed by atoms with van der Waals surface area (Å²) in [6.45, 7) is 3.98. The van der Waals surface area contributed by atoms with E-state index in [2.05, 4.69) is 14.9 Å². The Kier molecular flexibility index (Phi) is 6.49. The standard InChI is InChI=1S/C24H25FN4O3/c1-17(32-22-6-4-3-5-20(22)25)24(30)29-13-11-28(12-14-29)23-15-21(26-16-27-23)18-7-9-19(31-2)10-8-18/h3-10,15-17H,11-14H2,1-2H3. The van der Waals surface area contributed by atoms with Gasteiger partial charge in [0.1, 0.15) is 17.9 Å². The zero-order valence-electron chi connectivity index (χ0n) is 18.1. The highest BCUT2D eigenvalue weighted by Gasteiger charge is 2.27. The molecule has 1 aliphatic rings. The minimum Gasteiger partial charge on any atom is -0.497 e. The van der Waals surface area contributed by atoms with Crippen molar-refractivity contribution < 1.29 is 18.7 Å². The minimum absolute atomic E-state index is 0.0824.